The second kappa shape index (κ2) is 64.4. The van der Waals surface area contributed by atoms with Gasteiger partial charge in [-0.2, -0.15) is 0 Å². The van der Waals surface area contributed by atoms with Gasteiger partial charge in [0.1, 0.15) is 13.2 Å². The number of unbranched alkanes of at least 4 members (excludes halogenated alkanes) is 37. The third-order valence-corrected chi connectivity index (χ3v) is 14.4. The quantitative estimate of drug-likeness (QED) is 0.0261. The number of allylic oxidation sites excluding steroid dienone is 12. The molecule has 0 spiro atoms. The van der Waals surface area contributed by atoms with E-state index in [9.17, 15) is 14.4 Å². The summed E-state index contributed by atoms with van der Waals surface area (Å²) in [7, 11) is 0. The number of hydrogen-bond donors (Lipinski definition) is 0. The molecular weight excluding hydrogens is 937 g/mol. The van der Waals surface area contributed by atoms with Crippen LogP contribution in [0.5, 0.6) is 0 Å². The zero-order valence-corrected chi connectivity index (χ0v) is 50.5. The number of ether oxygens (including phenoxy) is 3. The summed E-state index contributed by atoms with van der Waals surface area (Å²) >= 11 is 0. The number of carbonyl (C=O) groups excluding carboxylic acids is 3. The Morgan fingerprint density at radius 1 is 0.276 bits per heavy atom. The van der Waals surface area contributed by atoms with Gasteiger partial charge >= 0.3 is 17.9 Å². The Balaban J connectivity index is 4.33. The molecule has 76 heavy (non-hydrogen) atoms. The minimum absolute atomic E-state index is 0.0874. The highest BCUT2D eigenvalue weighted by Crippen LogP contribution is 2.17. The third kappa shape index (κ3) is 61.7. The zero-order chi connectivity index (χ0) is 55.0. The molecule has 0 bridgehead atoms. The standard InChI is InChI=1S/C70H124O6/c1-4-7-10-13-16-19-22-25-28-30-32-33-34-35-36-38-39-42-45-48-51-54-57-60-63-69(72)75-66-67(65-74-68(71)62-59-56-53-50-47-44-41-27-24-21-18-15-12-9-6-3)76-70(73)64-61-58-55-52-49-46-43-40-37-31-29-26-23-20-17-14-11-8-5-2/h9,12,17-18,20-21,26-27,29,41,47,50,67H,4-8,10-11,13-16,19,22-25,28,30-40,42-46,48-49,51-66H2,1-3H3/b12-9-,20-17-,21-18-,29-26-,41-27-,50-47-. The molecule has 0 N–H and O–H groups in total. The predicted octanol–water partition coefficient (Wildman–Crippen LogP) is 22.5. The van der Waals surface area contributed by atoms with Crippen LogP contribution in [0.15, 0.2) is 72.9 Å². The van der Waals surface area contributed by atoms with Crippen molar-refractivity contribution in [2.45, 2.75) is 341 Å². The van der Waals surface area contributed by atoms with Crippen LogP contribution in [-0.4, -0.2) is 37.2 Å². The van der Waals surface area contributed by atoms with Crippen LogP contribution < -0.4 is 0 Å². The minimum atomic E-state index is -0.795. The van der Waals surface area contributed by atoms with Crippen LogP contribution >= 0.6 is 0 Å². The topological polar surface area (TPSA) is 78.9 Å². The van der Waals surface area contributed by atoms with E-state index in [2.05, 4.69) is 93.7 Å². The van der Waals surface area contributed by atoms with Crippen molar-refractivity contribution in [1.29, 1.82) is 0 Å². The minimum Gasteiger partial charge on any atom is -0.462 e. The van der Waals surface area contributed by atoms with Crippen molar-refractivity contribution < 1.29 is 28.6 Å². The molecule has 0 heterocycles. The maximum Gasteiger partial charge on any atom is 0.306 e. The van der Waals surface area contributed by atoms with Crippen LogP contribution in [0, 0.1) is 0 Å². The molecule has 0 saturated heterocycles. The first-order chi connectivity index (χ1) is 37.5. The molecule has 0 aliphatic rings. The van der Waals surface area contributed by atoms with Gasteiger partial charge in [0.2, 0.25) is 0 Å². The fourth-order valence-electron chi connectivity index (χ4n) is 9.53. The van der Waals surface area contributed by atoms with Gasteiger partial charge in [0.25, 0.3) is 0 Å². The van der Waals surface area contributed by atoms with Crippen molar-refractivity contribution in [2.75, 3.05) is 13.2 Å². The second-order valence-electron chi connectivity index (χ2n) is 22.0. The van der Waals surface area contributed by atoms with Gasteiger partial charge in [-0.25, -0.2) is 0 Å². The number of carbonyl (C=O) groups is 3. The first-order valence-corrected chi connectivity index (χ1v) is 32.9. The maximum absolute atomic E-state index is 12.9. The largest absolute Gasteiger partial charge is 0.462 e. The molecule has 0 saturated carbocycles. The van der Waals surface area contributed by atoms with Gasteiger partial charge < -0.3 is 14.2 Å². The Morgan fingerprint density at radius 2 is 0.513 bits per heavy atom. The Labute approximate surface area is 472 Å². The van der Waals surface area contributed by atoms with Crippen molar-refractivity contribution in [1.82, 2.24) is 0 Å². The van der Waals surface area contributed by atoms with E-state index < -0.39 is 6.10 Å². The summed E-state index contributed by atoms with van der Waals surface area (Å²) in [4.78, 5) is 38.3. The molecule has 0 aromatic rings. The van der Waals surface area contributed by atoms with E-state index in [0.717, 1.165) is 89.9 Å². The van der Waals surface area contributed by atoms with E-state index in [4.69, 9.17) is 14.2 Å². The molecule has 1 atom stereocenters. The second-order valence-corrected chi connectivity index (χ2v) is 22.0. The van der Waals surface area contributed by atoms with E-state index in [-0.39, 0.29) is 31.1 Å². The molecule has 0 radical (unpaired) electrons. The van der Waals surface area contributed by atoms with Crippen LogP contribution in [-0.2, 0) is 28.6 Å². The average molecular weight is 1060 g/mol. The van der Waals surface area contributed by atoms with Gasteiger partial charge in [-0.05, 0) is 89.9 Å². The summed E-state index contributed by atoms with van der Waals surface area (Å²) in [6, 6.07) is 0. The maximum atomic E-state index is 12.9. The molecule has 440 valence electrons. The molecule has 0 rings (SSSR count). The van der Waals surface area contributed by atoms with E-state index in [1.54, 1.807) is 0 Å². The fraction of sp³-hybridized carbons (Fsp3) is 0.786. The monoisotopic (exact) mass is 1060 g/mol. The average Bonchev–Trinajstić information content (AvgIpc) is 3.42. The Morgan fingerprint density at radius 3 is 0.855 bits per heavy atom. The Bertz CT molecular complexity index is 1400. The molecule has 6 heteroatoms. The third-order valence-electron chi connectivity index (χ3n) is 14.4. The highest BCUT2D eigenvalue weighted by molar-refractivity contribution is 5.71. The summed E-state index contributed by atoms with van der Waals surface area (Å²) in [5, 5.41) is 0. The Hall–Kier alpha value is -3.15. The number of hydrogen-bond acceptors (Lipinski definition) is 6. The fourth-order valence-corrected chi connectivity index (χ4v) is 9.53. The lowest BCUT2D eigenvalue weighted by Gasteiger charge is -2.18. The first-order valence-electron chi connectivity index (χ1n) is 32.9. The molecule has 0 aromatic heterocycles. The van der Waals surface area contributed by atoms with Crippen molar-refractivity contribution in [2.24, 2.45) is 0 Å². The summed E-state index contributed by atoms with van der Waals surface area (Å²) < 4.78 is 16.9. The summed E-state index contributed by atoms with van der Waals surface area (Å²) in [6.45, 7) is 6.51. The summed E-state index contributed by atoms with van der Waals surface area (Å²) in [5.74, 6) is -0.918. The van der Waals surface area contributed by atoms with E-state index in [1.165, 1.54) is 205 Å². The van der Waals surface area contributed by atoms with Crippen molar-refractivity contribution in [3.8, 4) is 0 Å². The van der Waals surface area contributed by atoms with Gasteiger partial charge in [-0.3, -0.25) is 14.4 Å². The lowest BCUT2D eigenvalue weighted by molar-refractivity contribution is -0.167. The highest BCUT2D eigenvalue weighted by Gasteiger charge is 2.19. The van der Waals surface area contributed by atoms with Crippen LogP contribution in [0.1, 0.15) is 335 Å². The number of rotatable bonds is 60. The van der Waals surface area contributed by atoms with Crippen LogP contribution in [0.4, 0.5) is 0 Å². The van der Waals surface area contributed by atoms with Crippen LogP contribution in [0.2, 0.25) is 0 Å². The van der Waals surface area contributed by atoms with Gasteiger partial charge in [0.05, 0.1) is 0 Å². The lowest BCUT2D eigenvalue weighted by Crippen LogP contribution is -2.30. The molecule has 6 nitrogen and oxygen atoms in total. The highest BCUT2D eigenvalue weighted by atomic mass is 16.6. The SMILES string of the molecule is CC/C=C\C/C=C\C/C=C\C/C=C\CCCCC(=O)OCC(COC(=O)CCCCCCCCCCCCCCCCCCCCCCCCCC)OC(=O)CCCCCCCCCCC/C=C\C/C=C\CCCCC. The van der Waals surface area contributed by atoms with Crippen molar-refractivity contribution in [3.05, 3.63) is 72.9 Å². The Kier molecular flexibility index (Phi) is 61.7. The van der Waals surface area contributed by atoms with Crippen molar-refractivity contribution in [3.63, 3.8) is 0 Å². The number of esters is 3. The van der Waals surface area contributed by atoms with Gasteiger partial charge in [-0.15, -0.1) is 0 Å². The van der Waals surface area contributed by atoms with Gasteiger partial charge in [0, 0.05) is 19.3 Å². The molecule has 0 aliphatic heterocycles. The van der Waals surface area contributed by atoms with E-state index in [0.29, 0.717) is 19.3 Å². The van der Waals surface area contributed by atoms with Crippen LogP contribution in [0.3, 0.4) is 0 Å². The normalized spacial score (nSPS) is 12.5. The van der Waals surface area contributed by atoms with E-state index >= 15 is 0 Å². The summed E-state index contributed by atoms with van der Waals surface area (Å²) in [6.07, 6.45) is 83.5. The van der Waals surface area contributed by atoms with E-state index in [1.807, 2.05) is 0 Å². The zero-order valence-electron chi connectivity index (χ0n) is 50.5. The molecule has 0 aliphatic carbocycles. The molecular formula is C70H124O6. The molecule has 1 unspecified atom stereocenters. The molecule has 0 aromatic carbocycles. The van der Waals surface area contributed by atoms with Gasteiger partial charge in [-0.1, -0.05) is 299 Å². The smallest absolute Gasteiger partial charge is 0.306 e. The van der Waals surface area contributed by atoms with Crippen molar-refractivity contribution >= 4 is 17.9 Å². The lowest BCUT2D eigenvalue weighted by atomic mass is 10.0. The van der Waals surface area contributed by atoms with Crippen LogP contribution in [0.25, 0.3) is 0 Å². The van der Waals surface area contributed by atoms with Gasteiger partial charge in [0.15, 0.2) is 6.10 Å². The molecule has 0 fully saturated rings. The predicted molar refractivity (Wildman–Crippen MR) is 330 cm³/mol. The first kappa shape index (κ1) is 72.8. The summed E-state index contributed by atoms with van der Waals surface area (Å²) in [5.41, 5.74) is 0. The molecule has 0 amide bonds.